The zero-order valence-corrected chi connectivity index (χ0v) is 8.21. The molecular formula is C11H9N3O. The van der Waals surface area contributed by atoms with E-state index in [2.05, 4.69) is 10.2 Å². The van der Waals surface area contributed by atoms with Crippen molar-refractivity contribution in [3.63, 3.8) is 0 Å². The molecule has 3 rings (SSSR count). The number of hydrogen-bond acceptors (Lipinski definition) is 3. The van der Waals surface area contributed by atoms with Crippen LogP contribution >= 0.6 is 0 Å². The number of fused-ring (bicyclic) bond motifs is 1. The van der Waals surface area contributed by atoms with Gasteiger partial charge in [-0.25, -0.2) is 0 Å². The fourth-order valence-corrected chi connectivity index (χ4v) is 1.56. The zero-order chi connectivity index (χ0) is 10.3. The minimum absolute atomic E-state index is 0.735. The van der Waals surface area contributed by atoms with Crippen molar-refractivity contribution in [1.82, 2.24) is 14.6 Å². The van der Waals surface area contributed by atoms with E-state index in [1.165, 1.54) is 0 Å². The van der Waals surface area contributed by atoms with Crippen LogP contribution < -0.4 is 0 Å². The first-order valence-corrected chi connectivity index (χ1v) is 4.71. The first kappa shape index (κ1) is 8.23. The maximum atomic E-state index is 5.51. The third-order valence-electron chi connectivity index (χ3n) is 2.27. The monoisotopic (exact) mass is 199 g/mol. The quantitative estimate of drug-likeness (QED) is 0.604. The summed E-state index contributed by atoms with van der Waals surface area (Å²) >= 11 is 0. The average Bonchev–Trinajstić information content (AvgIpc) is 2.83. The second kappa shape index (κ2) is 2.95. The molecule has 3 heterocycles. The number of pyridine rings is 1. The van der Waals surface area contributed by atoms with Gasteiger partial charge in [0.25, 0.3) is 0 Å². The van der Waals surface area contributed by atoms with Gasteiger partial charge in [-0.15, -0.1) is 10.2 Å². The van der Waals surface area contributed by atoms with Crippen molar-refractivity contribution >= 4 is 5.65 Å². The van der Waals surface area contributed by atoms with E-state index in [9.17, 15) is 0 Å². The summed E-state index contributed by atoms with van der Waals surface area (Å²) in [5.41, 5.74) is 0.821. The van der Waals surface area contributed by atoms with E-state index in [0.29, 0.717) is 0 Å². The molecular weight excluding hydrogens is 190 g/mol. The molecule has 0 amide bonds. The highest BCUT2D eigenvalue weighted by Gasteiger charge is 2.10. The Labute approximate surface area is 86.2 Å². The lowest BCUT2D eigenvalue weighted by Gasteiger charge is -1.94. The van der Waals surface area contributed by atoms with Crippen molar-refractivity contribution in [1.29, 1.82) is 0 Å². The van der Waals surface area contributed by atoms with E-state index in [4.69, 9.17) is 4.42 Å². The molecule has 4 heteroatoms. The minimum atomic E-state index is 0.735. The Morgan fingerprint density at radius 3 is 2.87 bits per heavy atom. The van der Waals surface area contributed by atoms with E-state index in [1.54, 1.807) is 0 Å². The Balaban J connectivity index is 2.27. The molecule has 0 spiro atoms. The van der Waals surface area contributed by atoms with Gasteiger partial charge in [0.1, 0.15) is 5.76 Å². The maximum absolute atomic E-state index is 5.51. The molecule has 0 aliphatic rings. The van der Waals surface area contributed by atoms with E-state index >= 15 is 0 Å². The van der Waals surface area contributed by atoms with Gasteiger partial charge < -0.3 is 4.42 Å². The molecule has 0 atom stereocenters. The molecule has 0 unspecified atom stereocenters. The van der Waals surface area contributed by atoms with Crippen LogP contribution in [-0.4, -0.2) is 14.6 Å². The molecule has 74 valence electrons. The van der Waals surface area contributed by atoms with Gasteiger partial charge in [-0.3, -0.25) is 4.40 Å². The van der Waals surface area contributed by atoms with Crippen LogP contribution in [0.25, 0.3) is 17.2 Å². The Morgan fingerprint density at radius 1 is 1.13 bits per heavy atom. The van der Waals surface area contributed by atoms with Gasteiger partial charge in [0.2, 0.25) is 5.82 Å². The molecule has 0 saturated carbocycles. The molecule has 0 fully saturated rings. The number of hydrogen-bond donors (Lipinski definition) is 0. The average molecular weight is 199 g/mol. The maximum Gasteiger partial charge on any atom is 0.204 e. The Bertz CT molecular complexity index is 609. The number of aromatic nitrogens is 3. The number of nitrogens with zero attached hydrogens (tertiary/aromatic N) is 3. The molecule has 0 aliphatic carbocycles. The van der Waals surface area contributed by atoms with Crippen molar-refractivity contribution in [3.8, 4) is 11.6 Å². The van der Waals surface area contributed by atoms with Gasteiger partial charge in [-0.2, -0.15) is 0 Å². The molecule has 0 radical (unpaired) electrons. The summed E-state index contributed by atoms with van der Waals surface area (Å²) < 4.78 is 7.41. The Hall–Kier alpha value is -2.10. The van der Waals surface area contributed by atoms with Crippen LogP contribution in [0, 0.1) is 6.92 Å². The molecule has 4 nitrogen and oxygen atoms in total. The van der Waals surface area contributed by atoms with Crippen molar-refractivity contribution in [2.45, 2.75) is 6.92 Å². The topological polar surface area (TPSA) is 43.3 Å². The number of aryl methyl sites for hydroxylation is 1. The summed E-state index contributed by atoms with van der Waals surface area (Å²) in [6.45, 7) is 1.91. The molecule has 0 bridgehead atoms. The highest BCUT2D eigenvalue weighted by Crippen LogP contribution is 2.20. The highest BCUT2D eigenvalue weighted by molar-refractivity contribution is 5.53. The number of furan rings is 1. The molecule has 15 heavy (non-hydrogen) atoms. The third kappa shape index (κ3) is 1.22. The van der Waals surface area contributed by atoms with E-state index in [-0.39, 0.29) is 0 Å². The van der Waals surface area contributed by atoms with Gasteiger partial charge in [0.05, 0.1) is 0 Å². The summed E-state index contributed by atoms with van der Waals surface area (Å²) in [6, 6.07) is 9.60. The van der Waals surface area contributed by atoms with E-state index < -0.39 is 0 Å². The highest BCUT2D eigenvalue weighted by atomic mass is 16.3. The van der Waals surface area contributed by atoms with Gasteiger partial charge in [0.15, 0.2) is 11.4 Å². The molecule has 0 aromatic carbocycles. The fourth-order valence-electron chi connectivity index (χ4n) is 1.56. The largest absolute Gasteiger partial charge is 0.458 e. The minimum Gasteiger partial charge on any atom is -0.458 e. The summed E-state index contributed by atoms with van der Waals surface area (Å²) in [4.78, 5) is 0. The van der Waals surface area contributed by atoms with Crippen LogP contribution in [-0.2, 0) is 0 Å². The molecule has 3 aromatic rings. The standard InChI is InChI=1S/C11H9N3O/c1-8-5-6-9(15-8)11-13-12-10-4-2-3-7-14(10)11/h2-7H,1H3. The van der Waals surface area contributed by atoms with Crippen molar-refractivity contribution in [3.05, 3.63) is 42.3 Å². The Morgan fingerprint density at radius 2 is 2.07 bits per heavy atom. The molecule has 0 saturated heterocycles. The Kier molecular flexibility index (Phi) is 1.62. The lowest BCUT2D eigenvalue weighted by Crippen LogP contribution is -1.86. The molecule has 0 aliphatic heterocycles. The van der Waals surface area contributed by atoms with Gasteiger partial charge in [0, 0.05) is 6.20 Å². The zero-order valence-electron chi connectivity index (χ0n) is 8.21. The molecule has 3 aromatic heterocycles. The van der Waals surface area contributed by atoms with Gasteiger partial charge in [-0.05, 0) is 31.2 Å². The second-order valence-corrected chi connectivity index (χ2v) is 3.36. The SMILES string of the molecule is Cc1ccc(-c2nnc3ccccn23)o1. The van der Waals surface area contributed by atoms with Crippen LogP contribution in [0.15, 0.2) is 40.9 Å². The predicted octanol–water partition coefficient (Wildman–Crippen LogP) is 2.30. The van der Waals surface area contributed by atoms with Crippen molar-refractivity contribution < 1.29 is 4.42 Å². The van der Waals surface area contributed by atoms with Gasteiger partial charge in [-0.1, -0.05) is 6.07 Å². The van der Waals surface area contributed by atoms with Crippen molar-refractivity contribution in [2.75, 3.05) is 0 Å². The van der Waals surface area contributed by atoms with Crippen molar-refractivity contribution in [2.24, 2.45) is 0 Å². The summed E-state index contributed by atoms with van der Waals surface area (Å²) in [6.07, 6.45) is 1.92. The van der Waals surface area contributed by atoms with E-state index in [0.717, 1.165) is 23.0 Å². The fraction of sp³-hybridized carbons (Fsp3) is 0.0909. The van der Waals surface area contributed by atoms with Gasteiger partial charge >= 0.3 is 0 Å². The lowest BCUT2D eigenvalue weighted by atomic mass is 10.4. The van der Waals surface area contributed by atoms with Crippen LogP contribution in [0.2, 0.25) is 0 Å². The third-order valence-corrected chi connectivity index (χ3v) is 2.27. The first-order chi connectivity index (χ1) is 7.34. The number of rotatable bonds is 1. The van der Waals surface area contributed by atoms with Crippen LogP contribution in [0.5, 0.6) is 0 Å². The summed E-state index contributed by atoms with van der Waals surface area (Å²) in [7, 11) is 0. The summed E-state index contributed by atoms with van der Waals surface area (Å²) in [5, 5.41) is 8.16. The van der Waals surface area contributed by atoms with Crippen LogP contribution in [0.4, 0.5) is 0 Å². The second-order valence-electron chi connectivity index (χ2n) is 3.36. The normalized spacial score (nSPS) is 11.0. The predicted molar refractivity (Wildman–Crippen MR) is 55.4 cm³/mol. The summed E-state index contributed by atoms with van der Waals surface area (Å²) in [5.74, 6) is 2.35. The van der Waals surface area contributed by atoms with E-state index in [1.807, 2.05) is 47.9 Å². The smallest absolute Gasteiger partial charge is 0.204 e. The van der Waals surface area contributed by atoms with Crippen LogP contribution in [0.3, 0.4) is 0 Å². The van der Waals surface area contributed by atoms with Crippen LogP contribution in [0.1, 0.15) is 5.76 Å². The lowest BCUT2D eigenvalue weighted by molar-refractivity contribution is 0.543. The first-order valence-electron chi connectivity index (χ1n) is 4.71. The molecule has 0 N–H and O–H groups in total.